The molecule has 2 aliphatic carbocycles. The molecule has 0 aromatic rings. The minimum absolute atomic E-state index is 0.608. The Morgan fingerprint density at radius 2 is 1.44 bits per heavy atom. The normalized spacial score (nSPS) is 21.7. The van der Waals surface area contributed by atoms with Crippen molar-refractivity contribution in [1.29, 1.82) is 0 Å². The lowest BCUT2D eigenvalue weighted by Gasteiger charge is -2.23. The number of methoxy groups -OCH3 is 1. The Kier molecular flexibility index (Phi) is 7.95. The van der Waals surface area contributed by atoms with Crippen LogP contribution in [-0.4, -0.2) is 13.2 Å². The van der Waals surface area contributed by atoms with E-state index in [2.05, 4.69) is 18.8 Å². The van der Waals surface area contributed by atoms with Gasteiger partial charge < -0.3 is 10.1 Å². The van der Waals surface area contributed by atoms with Crippen LogP contribution in [0.15, 0.2) is 12.5 Å². The monoisotopic (exact) mass is 253 g/mol. The Bertz CT molecular complexity index is 215. The number of nitrogens with one attached hydrogen (secondary N) is 1. The third-order valence-electron chi connectivity index (χ3n) is 4.11. The molecule has 0 unspecified atom stereocenters. The van der Waals surface area contributed by atoms with Crippen molar-refractivity contribution in [3.63, 3.8) is 0 Å². The van der Waals surface area contributed by atoms with E-state index in [1.807, 2.05) is 0 Å². The van der Waals surface area contributed by atoms with Gasteiger partial charge >= 0.3 is 0 Å². The maximum atomic E-state index is 4.95. The van der Waals surface area contributed by atoms with Gasteiger partial charge in [0.1, 0.15) is 0 Å². The fraction of sp³-hybridized carbons (Fsp3) is 0.875. The Morgan fingerprint density at radius 3 is 1.83 bits per heavy atom. The van der Waals surface area contributed by atoms with Gasteiger partial charge in [0, 0.05) is 6.04 Å². The van der Waals surface area contributed by atoms with E-state index in [9.17, 15) is 0 Å². The third-order valence-corrected chi connectivity index (χ3v) is 4.11. The second-order valence-corrected chi connectivity index (χ2v) is 5.85. The van der Waals surface area contributed by atoms with E-state index < -0.39 is 0 Å². The Labute approximate surface area is 113 Å². The molecular weight excluding hydrogens is 222 g/mol. The van der Waals surface area contributed by atoms with Crippen LogP contribution in [0.2, 0.25) is 0 Å². The van der Waals surface area contributed by atoms with Crippen LogP contribution in [0.4, 0.5) is 0 Å². The zero-order valence-corrected chi connectivity index (χ0v) is 12.3. The zero-order valence-electron chi connectivity index (χ0n) is 12.3. The first kappa shape index (κ1) is 15.4. The quantitative estimate of drug-likeness (QED) is 0.741. The summed E-state index contributed by atoms with van der Waals surface area (Å²) in [7, 11) is 1.65. The summed E-state index contributed by atoms with van der Waals surface area (Å²) < 4.78 is 4.95. The molecule has 1 N–H and O–H groups in total. The van der Waals surface area contributed by atoms with Crippen LogP contribution in [0.25, 0.3) is 0 Å². The molecule has 2 aliphatic rings. The zero-order chi connectivity index (χ0) is 13.2. The van der Waals surface area contributed by atoms with Crippen molar-refractivity contribution in [3.8, 4) is 0 Å². The third kappa shape index (κ3) is 6.93. The van der Waals surface area contributed by atoms with E-state index >= 15 is 0 Å². The largest absolute Gasteiger partial charge is 0.483 e. The van der Waals surface area contributed by atoms with Gasteiger partial charge in [-0.05, 0) is 25.3 Å². The minimum atomic E-state index is 0.608. The molecule has 0 aromatic carbocycles. The Balaban J connectivity index is 0.000000199. The van der Waals surface area contributed by atoms with E-state index in [-0.39, 0.29) is 0 Å². The van der Waals surface area contributed by atoms with E-state index in [1.54, 1.807) is 7.11 Å². The highest BCUT2D eigenvalue weighted by Crippen LogP contribution is 2.22. The van der Waals surface area contributed by atoms with Gasteiger partial charge in [-0.1, -0.05) is 58.3 Å². The van der Waals surface area contributed by atoms with Crippen molar-refractivity contribution in [2.45, 2.75) is 77.2 Å². The van der Waals surface area contributed by atoms with E-state index in [4.69, 9.17) is 4.74 Å². The smallest absolute Gasteiger partial charge is 0.179 e. The second kappa shape index (κ2) is 9.29. The maximum Gasteiger partial charge on any atom is 0.179 e. The molecule has 2 heteroatoms. The van der Waals surface area contributed by atoms with Crippen molar-refractivity contribution in [2.24, 2.45) is 5.92 Å². The van der Waals surface area contributed by atoms with Crippen LogP contribution >= 0.6 is 0 Å². The van der Waals surface area contributed by atoms with Gasteiger partial charge in [0.25, 0.3) is 0 Å². The number of hydrogen-bond donors (Lipinski definition) is 1. The van der Waals surface area contributed by atoms with Crippen LogP contribution < -0.4 is 5.32 Å². The van der Waals surface area contributed by atoms with Gasteiger partial charge in [-0.3, -0.25) is 0 Å². The molecule has 2 rings (SSSR count). The molecular formula is C16H31NO. The Hall–Kier alpha value is -0.660. The summed E-state index contributed by atoms with van der Waals surface area (Å²) in [6.45, 7) is 6.09. The van der Waals surface area contributed by atoms with Crippen molar-refractivity contribution in [1.82, 2.24) is 5.32 Å². The molecule has 2 nitrogen and oxygen atoms in total. The lowest BCUT2D eigenvalue weighted by atomic mass is 9.91. The number of rotatable bonds is 3. The first-order valence-corrected chi connectivity index (χ1v) is 7.71. The predicted octanol–water partition coefficient (Wildman–Crippen LogP) is 4.61. The van der Waals surface area contributed by atoms with E-state index in [1.165, 1.54) is 64.2 Å². The van der Waals surface area contributed by atoms with Crippen LogP contribution in [0, 0.1) is 5.92 Å². The second-order valence-electron chi connectivity index (χ2n) is 5.85. The first-order valence-electron chi connectivity index (χ1n) is 7.71. The molecule has 0 saturated heterocycles. The molecule has 0 spiro atoms. The first-order chi connectivity index (χ1) is 8.72. The van der Waals surface area contributed by atoms with Gasteiger partial charge in [0.15, 0.2) is 5.88 Å². The fourth-order valence-electron chi connectivity index (χ4n) is 2.84. The number of hydrogen-bond acceptors (Lipinski definition) is 2. The fourth-order valence-corrected chi connectivity index (χ4v) is 2.84. The van der Waals surface area contributed by atoms with Crippen LogP contribution in [-0.2, 0) is 4.74 Å². The predicted molar refractivity (Wildman–Crippen MR) is 78.4 cm³/mol. The van der Waals surface area contributed by atoms with E-state index in [0.717, 1.165) is 5.92 Å². The molecule has 0 radical (unpaired) electrons. The van der Waals surface area contributed by atoms with Crippen molar-refractivity contribution >= 4 is 0 Å². The molecule has 0 aromatic heterocycles. The summed E-state index contributed by atoms with van der Waals surface area (Å²) in [4.78, 5) is 0. The summed E-state index contributed by atoms with van der Waals surface area (Å²) in [5.74, 6) is 1.74. The van der Waals surface area contributed by atoms with Crippen molar-refractivity contribution < 1.29 is 4.74 Å². The molecule has 0 amide bonds. The summed E-state index contributed by atoms with van der Waals surface area (Å²) in [5.41, 5.74) is 0. The van der Waals surface area contributed by atoms with Crippen molar-refractivity contribution in [2.75, 3.05) is 7.11 Å². The standard InChI is InChI=1S/C9H17NO.C7H14/c1-8(11-2)10-9-6-4-3-5-7-9;1-7-5-3-2-4-6-7/h9-10H,1,3-7H2,2H3;7H,2-6H2,1H3. The van der Waals surface area contributed by atoms with Crippen LogP contribution in [0.3, 0.4) is 0 Å². The summed E-state index contributed by atoms with van der Waals surface area (Å²) in [6.07, 6.45) is 14.0. The highest BCUT2D eigenvalue weighted by Gasteiger charge is 2.12. The van der Waals surface area contributed by atoms with Crippen LogP contribution in [0.5, 0.6) is 0 Å². The lowest BCUT2D eigenvalue weighted by molar-refractivity contribution is 0.237. The van der Waals surface area contributed by atoms with Gasteiger partial charge in [0.05, 0.1) is 7.11 Å². The highest BCUT2D eigenvalue weighted by molar-refractivity contribution is 4.84. The van der Waals surface area contributed by atoms with Crippen LogP contribution in [0.1, 0.15) is 71.1 Å². The minimum Gasteiger partial charge on any atom is -0.483 e. The molecule has 0 bridgehead atoms. The summed E-state index contributed by atoms with van der Waals surface area (Å²) in [6, 6.07) is 0.608. The molecule has 18 heavy (non-hydrogen) atoms. The molecule has 2 fully saturated rings. The maximum absolute atomic E-state index is 4.95. The SMILES string of the molecule is C=C(NC1CCCCC1)OC.CC1CCCCC1. The summed E-state index contributed by atoms with van der Waals surface area (Å²) >= 11 is 0. The topological polar surface area (TPSA) is 21.3 Å². The van der Waals surface area contributed by atoms with E-state index in [0.29, 0.717) is 11.9 Å². The highest BCUT2D eigenvalue weighted by atomic mass is 16.5. The molecule has 0 aliphatic heterocycles. The molecule has 106 valence electrons. The summed E-state index contributed by atoms with van der Waals surface area (Å²) in [5, 5.41) is 3.25. The number of ether oxygens (including phenoxy) is 1. The average Bonchev–Trinajstić information content (AvgIpc) is 2.41. The van der Waals surface area contributed by atoms with Crippen molar-refractivity contribution in [3.05, 3.63) is 12.5 Å². The molecule has 0 heterocycles. The molecule has 2 saturated carbocycles. The van der Waals surface area contributed by atoms with Gasteiger partial charge in [-0.25, -0.2) is 0 Å². The average molecular weight is 253 g/mol. The van der Waals surface area contributed by atoms with Gasteiger partial charge in [0.2, 0.25) is 0 Å². The molecule has 0 atom stereocenters. The Morgan fingerprint density at radius 1 is 0.944 bits per heavy atom. The van der Waals surface area contributed by atoms with Gasteiger partial charge in [-0.15, -0.1) is 0 Å². The lowest BCUT2D eigenvalue weighted by Crippen LogP contribution is -2.30. The van der Waals surface area contributed by atoms with Gasteiger partial charge in [-0.2, -0.15) is 0 Å².